The molecule has 3 rings (SSSR count). The molecule has 5 heteroatoms. The molecule has 1 aliphatic rings. The van der Waals surface area contributed by atoms with E-state index in [1.54, 1.807) is 41.6 Å². The second kappa shape index (κ2) is 7.24. The molecule has 1 atom stereocenters. The van der Waals surface area contributed by atoms with E-state index in [-0.39, 0.29) is 18.4 Å². The molecule has 0 bridgehead atoms. The highest BCUT2D eigenvalue weighted by atomic mass is 16.5. The minimum absolute atomic E-state index is 0.0531. The van der Waals surface area contributed by atoms with E-state index in [0.29, 0.717) is 23.6 Å². The molecule has 1 N–H and O–H groups in total. The first-order chi connectivity index (χ1) is 11.3. The van der Waals surface area contributed by atoms with E-state index in [4.69, 9.17) is 4.74 Å². The number of aliphatic hydroxyl groups is 1. The number of carbonyl (C=O) groups is 1. The molecule has 1 fully saturated rings. The van der Waals surface area contributed by atoms with Crippen LogP contribution in [0.15, 0.2) is 48.8 Å². The highest BCUT2D eigenvalue weighted by molar-refractivity contribution is 5.97. The standard InChI is InChI=1S/C18H20N2O3/c21-13-14-5-4-10-20(12-14)18(22)16-7-1-2-8-17(16)23-15-6-3-9-19-11-15/h1-3,6-9,11,14,21H,4-5,10,12-13H2. The molecule has 0 spiro atoms. The van der Waals surface area contributed by atoms with Crippen molar-refractivity contribution < 1.29 is 14.6 Å². The van der Waals surface area contributed by atoms with Crippen molar-refractivity contribution in [3.63, 3.8) is 0 Å². The Labute approximate surface area is 135 Å². The number of pyridine rings is 1. The summed E-state index contributed by atoms with van der Waals surface area (Å²) in [5.74, 6) is 1.23. The van der Waals surface area contributed by atoms with Crippen molar-refractivity contribution in [2.24, 2.45) is 5.92 Å². The predicted octanol–water partition coefficient (Wildman–Crippen LogP) is 2.72. The number of piperidine rings is 1. The number of hydrogen-bond acceptors (Lipinski definition) is 4. The zero-order chi connectivity index (χ0) is 16.1. The number of hydrogen-bond donors (Lipinski definition) is 1. The molecule has 5 nitrogen and oxygen atoms in total. The molecular formula is C18H20N2O3. The van der Waals surface area contributed by atoms with E-state index >= 15 is 0 Å². The van der Waals surface area contributed by atoms with Gasteiger partial charge in [0.2, 0.25) is 0 Å². The van der Waals surface area contributed by atoms with Crippen LogP contribution >= 0.6 is 0 Å². The van der Waals surface area contributed by atoms with Crippen LogP contribution in [0.2, 0.25) is 0 Å². The van der Waals surface area contributed by atoms with Gasteiger partial charge in [0.1, 0.15) is 11.5 Å². The van der Waals surface area contributed by atoms with E-state index in [1.807, 2.05) is 12.1 Å². The first kappa shape index (κ1) is 15.5. The molecule has 1 amide bonds. The monoisotopic (exact) mass is 312 g/mol. The highest BCUT2D eigenvalue weighted by Crippen LogP contribution is 2.27. The van der Waals surface area contributed by atoms with Crippen LogP contribution in [-0.4, -0.2) is 40.6 Å². The first-order valence-corrected chi connectivity index (χ1v) is 7.85. The smallest absolute Gasteiger partial charge is 0.257 e. The largest absolute Gasteiger partial charge is 0.455 e. The molecule has 0 aliphatic carbocycles. The molecule has 2 heterocycles. The average Bonchev–Trinajstić information content (AvgIpc) is 2.62. The highest BCUT2D eigenvalue weighted by Gasteiger charge is 2.25. The van der Waals surface area contributed by atoms with Gasteiger partial charge in [0.15, 0.2) is 0 Å². The van der Waals surface area contributed by atoms with Gasteiger partial charge in [0.25, 0.3) is 5.91 Å². The van der Waals surface area contributed by atoms with Gasteiger partial charge in [-0.1, -0.05) is 12.1 Å². The Balaban J connectivity index is 1.80. The van der Waals surface area contributed by atoms with Crippen LogP contribution in [0.4, 0.5) is 0 Å². The Morgan fingerprint density at radius 1 is 1.30 bits per heavy atom. The fraction of sp³-hybridized carbons (Fsp3) is 0.333. The first-order valence-electron chi connectivity index (χ1n) is 7.85. The summed E-state index contributed by atoms with van der Waals surface area (Å²) in [4.78, 5) is 18.6. The third kappa shape index (κ3) is 3.68. The van der Waals surface area contributed by atoms with Crippen molar-refractivity contribution in [3.8, 4) is 11.5 Å². The quantitative estimate of drug-likeness (QED) is 0.943. The van der Waals surface area contributed by atoms with Crippen LogP contribution in [0.1, 0.15) is 23.2 Å². The van der Waals surface area contributed by atoms with Crippen molar-refractivity contribution in [2.75, 3.05) is 19.7 Å². The summed E-state index contributed by atoms with van der Waals surface area (Å²) < 4.78 is 5.82. The molecule has 1 aliphatic heterocycles. The molecule has 0 radical (unpaired) electrons. The van der Waals surface area contributed by atoms with Gasteiger partial charge in [-0.15, -0.1) is 0 Å². The number of aromatic nitrogens is 1. The van der Waals surface area contributed by atoms with Gasteiger partial charge >= 0.3 is 0 Å². The Kier molecular flexibility index (Phi) is 4.88. The zero-order valence-corrected chi connectivity index (χ0v) is 12.9. The Hall–Kier alpha value is -2.40. The lowest BCUT2D eigenvalue weighted by Crippen LogP contribution is -2.41. The van der Waals surface area contributed by atoms with Crippen LogP contribution in [-0.2, 0) is 0 Å². The van der Waals surface area contributed by atoms with E-state index in [1.165, 1.54) is 0 Å². The lowest BCUT2D eigenvalue weighted by Gasteiger charge is -2.32. The Morgan fingerprint density at radius 3 is 2.96 bits per heavy atom. The third-order valence-corrected chi connectivity index (χ3v) is 4.04. The van der Waals surface area contributed by atoms with Crippen molar-refractivity contribution in [2.45, 2.75) is 12.8 Å². The maximum atomic E-state index is 12.8. The second-order valence-electron chi connectivity index (χ2n) is 5.73. The maximum absolute atomic E-state index is 12.8. The van der Waals surface area contributed by atoms with Gasteiger partial charge in [-0.2, -0.15) is 0 Å². The fourth-order valence-corrected chi connectivity index (χ4v) is 2.84. The third-order valence-electron chi connectivity index (χ3n) is 4.04. The summed E-state index contributed by atoms with van der Waals surface area (Å²) in [7, 11) is 0. The van der Waals surface area contributed by atoms with Crippen molar-refractivity contribution in [1.82, 2.24) is 9.88 Å². The fourth-order valence-electron chi connectivity index (χ4n) is 2.84. The van der Waals surface area contributed by atoms with Gasteiger partial charge < -0.3 is 14.7 Å². The number of amides is 1. The van der Waals surface area contributed by atoms with Gasteiger partial charge in [0.05, 0.1) is 11.8 Å². The van der Waals surface area contributed by atoms with E-state index in [9.17, 15) is 9.90 Å². The van der Waals surface area contributed by atoms with E-state index in [0.717, 1.165) is 19.4 Å². The molecular weight excluding hydrogens is 292 g/mol. The van der Waals surface area contributed by atoms with Gasteiger partial charge in [-0.25, -0.2) is 0 Å². The minimum Gasteiger partial charge on any atom is -0.455 e. The SMILES string of the molecule is O=C(c1ccccc1Oc1cccnc1)N1CCCC(CO)C1. The number of aliphatic hydroxyl groups excluding tert-OH is 1. The summed E-state index contributed by atoms with van der Waals surface area (Å²) in [6.07, 6.45) is 5.17. The molecule has 23 heavy (non-hydrogen) atoms. The molecule has 120 valence electrons. The molecule has 2 aromatic rings. The minimum atomic E-state index is -0.0531. The molecule has 0 saturated carbocycles. The van der Waals surface area contributed by atoms with Crippen LogP contribution in [0.25, 0.3) is 0 Å². The Morgan fingerprint density at radius 2 is 2.17 bits per heavy atom. The van der Waals surface area contributed by atoms with Gasteiger partial charge in [0, 0.05) is 25.9 Å². The normalized spacial score (nSPS) is 17.8. The lowest BCUT2D eigenvalue weighted by molar-refractivity contribution is 0.0618. The summed E-state index contributed by atoms with van der Waals surface area (Å²) in [5, 5.41) is 9.34. The van der Waals surface area contributed by atoms with Crippen LogP contribution in [0, 0.1) is 5.92 Å². The van der Waals surface area contributed by atoms with Gasteiger partial charge in [-0.05, 0) is 43.0 Å². The number of carbonyl (C=O) groups excluding carboxylic acids is 1. The van der Waals surface area contributed by atoms with E-state index in [2.05, 4.69) is 4.98 Å². The lowest BCUT2D eigenvalue weighted by atomic mass is 9.98. The topological polar surface area (TPSA) is 62.7 Å². The molecule has 1 saturated heterocycles. The van der Waals surface area contributed by atoms with Gasteiger partial charge in [-0.3, -0.25) is 9.78 Å². The molecule has 1 aromatic heterocycles. The van der Waals surface area contributed by atoms with Crippen molar-refractivity contribution in [1.29, 1.82) is 0 Å². The molecule has 1 aromatic carbocycles. The van der Waals surface area contributed by atoms with Crippen molar-refractivity contribution >= 4 is 5.91 Å². The van der Waals surface area contributed by atoms with Crippen LogP contribution in [0.3, 0.4) is 0 Å². The zero-order valence-electron chi connectivity index (χ0n) is 12.9. The number of benzene rings is 1. The molecule has 1 unspecified atom stereocenters. The summed E-state index contributed by atoms with van der Waals surface area (Å²) in [5.41, 5.74) is 0.537. The average molecular weight is 312 g/mol. The number of likely N-dealkylation sites (tertiary alicyclic amines) is 1. The summed E-state index contributed by atoms with van der Waals surface area (Å²) in [6, 6.07) is 10.8. The number of para-hydroxylation sites is 1. The van der Waals surface area contributed by atoms with E-state index < -0.39 is 0 Å². The Bertz CT molecular complexity index is 660. The van der Waals surface area contributed by atoms with Crippen LogP contribution in [0.5, 0.6) is 11.5 Å². The van der Waals surface area contributed by atoms with Crippen molar-refractivity contribution in [3.05, 3.63) is 54.4 Å². The predicted molar refractivity (Wildman–Crippen MR) is 86.5 cm³/mol. The summed E-state index contributed by atoms with van der Waals surface area (Å²) in [6.45, 7) is 1.44. The maximum Gasteiger partial charge on any atom is 0.257 e. The number of rotatable bonds is 4. The number of ether oxygens (including phenoxy) is 1. The number of nitrogens with zero attached hydrogens (tertiary/aromatic N) is 2. The second-order valence-corrected chi connectivity index (χ2v) is 5.73. The summed E-state index contributed by atoms with van der Waals surface area (Å²) >= 11 is 0. The van der Waals surface area contributed by atoms with Crippen LogP contribution < -0.4 is 4.74 Å².